The number of anilines is 1. The number of hydrogen-bond donors (Lipinski definition) is 1. The number of halogens is 1. The van der Waals surface area contributed by atoms with Crippen LogP contribution in [0.4, 0.5) is 5.95 Å². The molecule has 0 amide bonds. The zero-order chi connectivity index (χ0) is 7.84. The van der Waals surface area contributed by atoms with Crippen molar-refractivity contribution in [3.05, 3.63) is 22.9 Å². The van der Waals surface area contributed by atoms with Gasteiger partial charge in [-0.05, 0) is 22.0 Å². The molecule has 4 nitrogen and oxygen atoms in total. The van der Waals surface area contributed by atoms with Crippen LogP contribution in [0.25, 0.3) is 5.52 Å². The van der Waals surface area contributed by atoms with E-state index in [-0.39, 0.29) is 5.95 Å². The van der Waals surface area contributed by atoms with E-state index in [0.29, 0.717) is 0 Å². The third-order valence-electron chi connectivity index (χ3n) is 1.38. The molecule has 0 unspecified atom stereocenters. The van der Waals surface area contributed by atoms with E-state index < -0.39 is 0 Å². The van der Waals surface area contributed by atoms with Crippen LogP contribution in [0, 0.1) is 0 Å². The topological polar surface area (TPSA) is 56.2 Å². The molecule has 0 aliphatic rings. The molecule has 2 N–H and O–H groups in total. The molecule has 2 aromatic heterocycles. The van der Waals surface area contributed by atoms with Gasteiger partial charge in [-0.1, -0.05) is 0 Å². The molecule has 0 atom stereocenters. The lowest BCUT2D eigenvalue weighted by molar-refractivity contribution is 0.917. The fraction of sp³-hybridized carbons (Fsp3) is 0. The lowest BCUT2D eigenvalue weighted by Gasteiger charge is -1.93. The summed E-state index contributed by atoms with van der Waals surface area (Å²) in [6, 6.07) is 1.89. The fourth-order valence-electron chi connectivity index (χ4n) is 0.883. The van der Waals surface area contributed by atoms with Gasteiger partial charge in [0.25, 0.3) is 0 Å². The molecule has 0 radical (unpaired) electrons. The SMILES string of the molecule is Nc1ncc2c(Br)ccn2n1. The second-order valence-electron chi connectivity index (χ2n) is 2.11. The van der Waals surface area contributed by atoms with Crippen LogP contribution in [0.3, 0.4) is 0 Å². The first-order chi connectivity index (χ1) is 5.27. The third-order valence-corrected chi connectivity index (χ3v) is 2.05. The van der Waals surface area contributed by atoms with E-state index in [1.165, 1.54) is 0 Å². The molecule has 0 fully saturated rings. The minimum absolute atomic E-state index is 0.278. The smallest absolute Gasteiger partial charge is 0.238 e. The summed E-state index contributed by atoms with van der Waals surface area (Å²) in [7, 11) is 0. The second kappa shape index (κ2) is 2.20. The average molecular weight is 213 g/mol. The predicted octanol–water partition coefficient (Wildman–Crippen LogP) is 1.07. The Morgan fingerprint density at radius 1 is 1.55 bits per heavy atom. The van der Waals surface area contributed by atoms with Crippen LogP contribution in [0.5, 0.6) is 0 Å². The van der Waals surface area contributed by atoms with Gasteiger partial charge in [0.2, 0.25) is 5.95 Å². The van der Waals surface area contributed by atoms with Crippen LogP contribution >= 0.6 is 15.9 Å². The highest BCUT2D eigenvalue weighted by Crippen LogP contribution is 2.16. The highest BCUT2D eigenvalue weighted by atomic mass is 79.9. The number of nitrogens with two attached hydrogens (primary N) is 1. The molecule has 0 aromatic carbocycles. The molecule has 0 saturated carbocycles. The fourth-order valence-corrected chi connectivity index (χ4v) is 1.28. The molecule has 0 saturated heterocycles. The Bertz CT molecular complexity index is 394. The van der Waals surface area contributed by atoms with Gasteiger partial charge >= 0.3 is 0 Å². The van der Waals surface area contributed by atoms with Crippen molar-refractivity contribution in [3.63, 3.8) is 0 Å². The van der Waals surface area contributed by atoms with Crippen molar-refractivity contribution in [3.8, 4) is 0 Å². The van der Waals surface area contributed by atoms with E-state index in [0.717, 1.165) is 9.99 Å². The molecule has 0 bridgehead atoms. The molecule has 2 rings (SSSR count). The maximum absolute atomic E-state index is 5.37. The van der Waals surface area contributed by atoms with Crippen molar-refractivity contribution in [2.75, 3.05) is 5.73 Å². The first kappa shape index (κ1) is 6.60. The highest BCUT2D eigenvalue weighted by Gasteiger charge is 1.99. The van der Waals surface area contributed by atoms with E-state index in [1.54, 1.807) is 10.7 Å². The summed E-state index contributed by atoms with van der Waals surface area (Å²) in [5.41, 5.74) is 6.29. The Hall–Kier alpha value is -1.10. The monoisotopic (exact) mass is 212 g/mol. The van der Waals surface area contributed by atoms with Crippen LogP contribution in [0.15, 0.2) is 22.9 Å². The van der Waals surface area contributed by atoms with Gasteiger partial charge in [0.05, 0.1) is 11.7 Å². The van der Waals surface area contributed by atoms with Gasteiger partial charge in [0.1, 0.15) is 0 Å². The molecule has 0 aliphatic heterocycles. The van der Waals surface area contributed by atoms with Gasteiger partial charge in [-0.25, -0.2) is 9.50 Å². The Balaban J connectivity index is 2.86. The largest absolute Gasteiger partial charge is 0.367 e. The van der Waals surface area contributed by atoms with Gasteiger partial charge in [-0.3, -0.25) is 0 Å². The summed E-state index contributed by atoms with van der Waals surface area (Å²) in [5.74, 6) is 0.278. The second-order valence-corrected chi connectivity index (χ2v) is 2.96. The summed E-state index contributed by atoms with van der Waals surface area (Å²) in [6.07, 6.45) is 3.49. The lowest BCUT2D eigenvalue weighted by Crippen LogP contribution is -1.99. The minimum atomic E-state index is 0.278. The van der Waals surface area contributed by atoms with E-state index >= 15 is 0 Å². The lowest BCUT2D eigenvalue weighted by atomic mass is 10.5. The number of aromatic nitrogens is 3. The van der Waals surface area contributed by atoms with Crippen molar-refractivity contribution in [1.82, 2.24) is 14.6 Å². The van der Waals surface area contributed by atoms with E-state index in [2.05, 4.69) is 26.0 Å². The summed E-state index contributed by atoms with van der Waals surface area (Å²) in [6.45, 7) is 0. The Labute approximate surface area is 71.2 Å². The number of fused-ring (bicyclic) bond motifs is 1. The quantitative estimate of drug-likeness (QED) is 0.712. The summed E-state index contributed by atoms with van der Waals surface area (Å²) < 4.78 is 2.64. The molecular formula is C6H5BrN4. The molecule has 5 heteroatoms. The van der Waals surface area contributed by atoms with Crippen molar-refractivity contribution in [1.29, 1.82) is 0 Å². The summed E-state index contributed by atoms with van der Waals surface area (Å²) >= 11 is 3.35. The number of rotatable bonds is 0. The summed E-state index contributed by atoms with van der Waals surface area (Å²) in [4.78, 5) is 3.86. The van der Waals surface area contributed by atoms with Crippen molar-refractivity contribution in [2.24, 2.45) is 0 Å². The van der Waals surface area contributed by atoms with Gasteiger partial charge in [-0.15, -0.1) is 5.10 Å². The minimum Gasteiger partial charge on any atom is -0.367 e. The molecule has 0 aliphatic carbocycles. The van der Waals surface area contributed by atoms with Crippen LogP contribution in [0.2, 0.25) is 0 Å². The van der Waals surface area contributed by atoms with Gasteiger partial charge in [0.15, 0.2) is 0 Å². The molecule has 11 heavy (non-hydrogen) atoms. The predicted molar refractivity (Wildman–Crippen MR) is 45.1 cm³/mol. The Morgan fingerprint density at radius 3 is 3.18 bits per heavy atom. The highest BCUT2D eigenvalue weighted by molar-refractivity contribution is 9.10. The molecule has 0 spiro atoms. The molecule has 2 aromatic rings. The van der Waals surface area contributed by atoms with Crippen LogP contribution < -0.4 is 5.73 Å². The maximum atomic E-state index is 5.37. The van der Waals surface area contributed by atoms with E-state index in [4.69, 9.17) is 5.73 Å². The first-order valence-electron chi connectivity index (χ1n) is 3.03. The molecule has 2 heterocycles. The van der Waals surface area contributed by atoms with Gasteiger partial charge < -0.3 is 5.73 Å². The molecule has 56 valence electrons. The number of nitrogen functional groups attached to an aromatic ring is 1. The van der Waals surface area contributed by atoms with E-state index in [1.807, 2.05) is 12.3 Å². The number of nitrogens with zero attached hydrogens (tertiary/aromatic N) is 3. The van der Waals surface area contributed by atoms with Crippen molar-refractivity contribution < 1.29 is 0 Å². The Morgan fingerprint density at radius 2 is 2.36 bits per heavy atom. The van der Waals surface area contributed by atoms with Crippen LogP contribution in [-0.2, 0) is 0 Å². The molecular weight excluding hydrogens is 208 g/mol. The maximum Gasteiger partial charge on any atom is 0.238 e. The normalized spacial score (nSPS) is 10.6. The standard InChI is InChI=1S/C6H5BrN4/c7-4-1-2-11-5(4)3-9-6(8)10-11/h1-3H,(H2,8,10). The van der Waals surface area contributed by atoms with Crippen LogP contribution in [-0.4, -0.2) is 14.6 Å². The average Bonchev–Trinajstić information content (AvgIpc) is 2.32. The zero-order valence-corrected chi connectivity index (χ0v) is 7.12. The third kappa shape index (κ3) is 0.970. The Kier molecular flexibility index (Phi) is 1.32. The van der Waals surface area contributed by atoms with Gasteiger partial charge in [-0.2, -0.15) is 0 Å². The van der Waals surface area contributed by atoms with Gasteiger partial charge in [0, 0.05) is 10.7 Å². The summed E-state index contributed by atoms with van der Waals surface area (Å²) in [5, 5.41) is 3.95. The van der Waals surface area contributed by atoms with Crippen molar-refractivity contribution >= 4 is 27.4 Å². The zero-order valence-electron chi connectivity index (χ0n) is 5.53. The van der Waals surface area contributed by atoms with Crippen molar-refractivity contribution in [2.45, 2.75) is 0 Å². The number of hydrogen-bond acceptors (Lipinski definition) is 3. The first-order valence-corrected chi connectivity index (χ1v) is 3.82. The van der Waals surface area contributed by atoms with E-state index in [9.17, 15) is 0 Å². The van der Waals surface area contributed by atoms with Crippen LogP contribution in [0.1, 0.15) is 0 Å².